The molecule has 4 rings (SSSR count). The van der Waals surface area contributed by atoms with E-state index in [2.05, 4.69) is 9.97 Å². The lowest BCUT2D eigenvalue weighted by Gasteiger charge is -2.22. The van der Waals surface area contributed by atoms with E-state index in [0.717, 1.165) is 22.4 Å². The number of nitrogens with zero attached hydrogens (tertiary/aromatic N) is 2. The monoisotopic (exact) mass is 427 g/mol. The molecule has 2 heterocycles. The molecule has 0 saturated carbocycles. The summed E-state index contributed by atoms with van der Waals surface area (Å²) in [6.45, 7) is 2.53. The Morgan fingerprint density at radius 2 is 2.03 bits per heavy atom. The van der Waals surface area contributed by atoms with Crippen molar-refractivity contribution in [1.29, 1.82) is 0 Å². The van der Waals surface area contributed by atoms with Gasteiger partial charge in [0.05, 0.1) is 17.9 Å². The molecule has 148 valence electrons. The third-order valence-electron chi connectivity index (χ3n) is 4.30. The summed E-state index contributed by atoms with van der Waals surface area (Å²) in [5.41, 5.74) is 7.93. The van der Waals surface area contributed by atoms with Gasteiger partial charge < -0.3 is 15.2 Å². The maximum absolute atomic E-state index is 11.3. The van der Waals surface area contributed by atoms with Crippen LogP contribution >= 0.6 is 23.4 Å². The number of ether oxygens (including phenoxy) is 2. The number of benzene rings is 2. The highest BCUT2D eigenvalue weighted by atomic mass is 35.5. The Bertz CT molecular complexity index is 1070. The fourth-order valence-electron chi connectivity index (χ4n) is 3.01. The summed E-state index contributed by atoms with van der Waals surface area (Å²) < 4.78 is 11.5. The molecule has 29 heavy (non-hydrogen) atoms. The molecule has 2 N–H and O–H groups in total. The van der Waals surface area contributed by atoms with Crippen LogP contribution < -0.4 is 15.2 Å². The van der Waals surface area contributed by atoms with Gasteiger partial charge in [0.2, 0.25) is 11.8 Å². The van der Waals surface area contributed by atoms with Crippen molar-refractivity contribution in [3.63, 3.8) is 0 Å². The summed E-state index contributed by atoms with van der Waals surface area (Å²) in [5, 5.41) is 1.30. The van der Waals surface area contributed by atoms with E-state index in [1.807, 2.05) is 43.3 Å². The van der Waals surface area contributed by atoms with Gasteiger partial charge in [0.1, 0.15) is 16.5 Å². The quantitative estimate of drug-likeness (QED) is 0.361. The summed E-state index contributed by atoms with van der Waals surface area (Å²) in [6, 6.07) is 13.0. The third kappa shape index (κ3) is 4.31. The van der Waals surface area contributed by atoms with E-state index in [1.54, 1.807) is 6.07 Å². The van der Waals surface area contributed by atoms with E-state index < -0.39 is 5.91 Å². The van der Waals surface area contributed by atoms with Gasteiger partial charge >= 0.3 is 0 Å². The van der Waals surface area contributed by atoms with Crippen molar-refractivity contribution >= 4 is 29.3 Å². The van der Waals surface area contributed by atoms with Crippen LogP contribution in [0.15, 0.2) is 47.5 Å². The first-order valence-corrected chi connectivity index (χ1v) is 10.4. The first kappa shape index (κ1) is 19.5. The minimum atomic E-state index is -0.412. The molecule has 0 saturated heterocycles. The van der Waals surface area contributed by atoms with E-state index in [9.17, 15) is 4.79 Å². The van der Waals surface area contributed by atoms with Crippen molar-refractivity contribution in [3.8, 4) is 28.8 Å². The van der Waals surface area contributed by atoms with E-state index >= 15 is 0 Å². The van der Waals surface area contributed by atoms with Gasteiger partial charge in [0.15, 0.2) is 5.82 Å². The van der Waals surface area contributed by atoms with Crippen LogP contribution in [0.4, 0.5) is 0 Å². The first-order valence-electron chi connectivity index (χ1n) is 9.05. The molecule has 0 fully saturated rings. The van der Waals surface area contributed by atoms with E-state index in [1.165, 1.54) is 11.8 Å². The second kappa shape index (κ2) is 8.31. The van der Waals surface area contributed by atoms with E-state index in [4.69, 9.17) is 26.8 Å². The van der Waals surface area contributed by atoms with Gasteiger partial charge in [-0.15, -0.1) is 0 Å². The van der Waals surface area contributed by atoms with Gasteiger partial charge in [-0.3, -0.25) is 4.79 Å². The normalized spacial score (nSPS) is 11.9. The fourth-order valence-corrected chi connectivity index (χ4v) is 3.97. The van der Waals surface area contributed by atoms with Gasteiger partial charge in [-0.05, 0) is 49.4 Å². The molecule has 1 amide bonds. The Labute approximate surface area is 177 Å². The van der Waals surface area contributed by atoms with Crippen LogP contribution in [0.3, 0.4) is 0 Å². The van der Waals surface area contributed by atoms with Crippen molar-refractivity contribution in [2.45, 2.75) is 18.4 Å². The molecule has 0 radical (unpaired) electrons. The molecular formula is C21H18ClN3O3S. The van der Waals surface area contributed by atoms with Crippen LogP contribution in [0.25, 0.3) is 11.4 Å². The molecule has 1 aliphatic heterocycles. The van der Waals surface area contributed by atoms with Crippen molar-refractivity contribution in [2.24, 2.45) is 5.73 Å². The first-order chi connectivity index (χ1) is 14.0. The van der Waals surface area contributed by atoms with Crippen LogP contribution in [-0.4, -0.2) is 28.2 Å². The lowest BCUT2D eigenvalue weighted by atomic mass is 10.0. The Balaban J connectivity index is 1.75. The molecular weight excluding hydrogens is 410 g/mol. The fraction of sp³-hybridized carbons (Fsp3) is 0.190. The molecule has 3 aromatic rings. The standard InChI is InChI=1S/C21H18ClN3O3S/c1-2-27-15-6-3-12(4-7-15)19-24-20-16(21(25-19)29-11-18(23)26)10-13-9-14(22)5-8-17(13)28-20/h3-9H,2,10-11H2,1H3,(H2,23,26). The number of fused-ring (bicyclic) bond motifs is 2. The molecule has 0 spiro atoms. The second-order valence-electron chi connectivity index (χ2n) is 6.38. The van der Waals surface area contributed by atoms with E-state index in [-0.39, 0.29) is 5.75 Å². The van der Waals surface area contributed by atoms with Gasteiger partial charge in [-0.2, -0.15) is 4.98 Å². The molecule has 0 atom stereocenters. The van der Waals surface area contributed by atoms with Crippen molar-refractivity contribution in [2.75, 3.05) is 12.4 Å². The minimum absolute atomic E-state index is 0.120. The Hall–Kier alpha value is -2.77. The largest absolute Gasteiger partial charge is 0.494 e. The number of hydrogen-bond acceptors (Lipinski definition) is 6. The lowest BCUT2D eigenvalue weighted by Crippen LogP contribution is -2.14. The Morgan fingerprint density at radius 3 is 2.76 bits per heavy atom. The second-order valence-corrected chi connectivity index (χ2v) is 7.78. The highest BCUT2D eigenvalue weighted by Gasteiger charge is 2.24. The number of hydrogen-bond donors (Lipinski definition) is 1. The van der Waals surface area contributed by atoms with Gasteiger partial charge in [0.25, 0.3) is 0 Å². The number of primary amides is 1. The molecule has 0 bridgehead atoms. The number of rotatable bonds is 6. The number of amides is 1. The number of nitrogens with two attached hydrogens (primary N) is 1. The predicted molar refractivity (Wildman–Crippen MR) is 113 cm³/mol. The zero-order valence-electron chi connectivity index (χ0n) is 15.6. The molecule has 1 aromatic heterocycles. The average molecular weight is 428 g/mol. The summed E-state index contributed by atoms with van der Waals surface area (Å²) in [6.07, 6.45) is 0.565. The van der Waals surface area contributed by atoms with Crippen molar-refractivity contribution in [1.82, 2.24) is 9.97 Å². The highest BCUT2D eigenvalue weighted by molar-refractivity contribution is 7.99. The Kier molecular flexibility index (Phi) is 5.60. The zero-order chi connectivity index (χ0) is 20.4. The van der Waals surface area contributed by atoms with Gasteiger partial charge in [-0.1, -0.05) is 23.4 Å². The van der Waals surface area contributed by atoms with Crippen LogP contribution in [-0.2, 0) is 11.2 Å². The number of aromatic nitrogens is 2. The zero-order valence-corrected chi connectivity index (χ0v) is 17.2. The number of carbonyl (C=O) groups is 1. The maximum atomic E-state index is 11.3. The topological polar surface area (TPSA) is 87.3 Å². The maximum Gasteiger partial charge on any atom is 0.227 e. The lowest BCUT2D eigenvalue weighted by molar-refractivity contribution is -0.115. The molecule has 0 aliphatic carbocycles. The third-order valence-corrected chi connectivity index (χ3v) is 5.58. The van der Waals surface area contributed by atoms with Crippen LogP contribution in [0.2, 0.25) is 5.02 Å². The van der Waals surface area contributed by atoms with Crippen LogP contribution in [0, 0.1) is 0 Å². The van der Waals surface area contributed by atoms with Crippen molar-refractivity contribution < 1.29 is 14.3 Å². The average Bonchev–Trinajstić information content (AvgIpc) is 2.71. The molecule has 0 unspecified atom stereocenters. The summed E-state index contributed by atoms with van der Waals surface area (Å²) >= 11 is 7.40. The van der Waals surface area contributed by atoms with Crippen molar-refractivity contribution in [3.05, 3.63) is 58.6 Å². The van der Waals surface area contributed by atoms with Gasteiger partial charge in [0, 0.05) is 22.6 Å². The number of halogens is 1. The Morgan fingerprint density at radius 1 is 1.24 bits per heavy atom. The predicted octanol–water partition coefficient (Wildman–Crippen LogP) is 4.47. The summed E-state index contributed by atoms with van der Waals surface area (Å²) in [7, 11) is 0. The molecule has 8 heteroatoms. The van der Waals surface area contributed by atoms with Crippen LogP contribution in [0.1, 0.15) is 18.1 Å². The van der Waals surface area contributed by atoms with Crippen LogP contribution in [0.5, 0.6) is 17.4 Å². The van der Waals surface area contributed by atoms with E-state index in [0.29, 0.717) is 40.5 Å². The summed E-state index contributed by atoms with van der Waals surface area (Å²) in [4.78, 5) is 20.7. The molecule has 2 aromatic carbocycles. The highest BCUT2D eigenvalue weighted by Crippen LogP contribution is 2.41. The SMILES string of the molecule is CCOc1ccc(-c2nc3c(c(SCC(N)=O)n2)Cc2cc(Cl)ccc2O3)cc1. The smallest absolute Gasteiger partial charge is 0.227 e. The molecule has 1 aliphatic rings. The van der Waals surface area contributed by atoms with Gasteiger partial charge in [-0.25, -0.2) is 4.98 Å². The summed E-state index contributed by atoms with van der Waals surface area (Å²) in [5.74, 6) is 2.19. The number of thioether (sulfide) groups is 1. The minimum Gasteiger partial charge on any atom is -0.494 e. The number of carbonyl (C=O) groups excluding carboxylic acids is 1. The molecule has 6 nitrogen and oxygen atoms in total.